The summed E-state index contributed by atoms with van der Waals surface area (Å²) in [6.45, 7) is 8.53. The van der Waals surface area contributed by atoms with Crippen molar-refractivity contribution in [1.82, 2.24) is 20.5 Å². The van der Waals surface area contributed by atoms with E-state index in [9.17, 15) is 18.0 Å². The molecule has 0 saturated carbocycles. The molecule has 1 amide bonds. The number of hydrogen-bond donors (Lipinski definition) is 2. The highest BCUT2D eigenvalue weighted by atomic mass is 32.1. The predicted octanol–water partition coefficient (Wildman–Crippen LogP) is 2.52. The second-order valence-electron chi connectivity index (χ2n) is 5.38. The van der Waals surface area contributed by atoms with Crippen molar-refractivity contribution in [2.24, 2.45) is 4.99 Å². The Morgan fingerprint density at radius 3 is 2.50 bits per heavy atom. The minimum Gasteiger partial charge on any atom is -0.357 e. The maximum Gasteiger partial charge on any atom is 0.434 e. The molecule has 0 aliphatic rings. The molecule has 0 spiro atoms. The summed E-state index contributed by atoms with van der Waals surface area (Å²) in [7, 11) is 0. The van der Waals surface area contributed by atoms with Gasteiger partial charge in [0.2, 0.25) is 5.91 Å². The van der Waals surface area contributed by atoms with Gasteiger partial charge in [0.25, 0.3) is 0 Å². The van der Waals surface area contributed by atoms with E-state index in [-0.39, 0.29) is 5.91 Å². The smallest absolute Gasteiger partial charge is 0.357 e. The molecule has 0 radical (unpaired) electrons. The van der Waals surface area contributed by atoms with Crippen LogP contribution in [0.25, 0.3) is 0 Å². The lowest BCUT2D eigenvalue weighted by Crippen LogP contribution is -2.40. The van der Waals surface area contributed by atoms with Crippen LogP contribution in [0.3, 0.4) is 0 Å². The van der Waals surface area contributed by atoms with E-state index in [4.69, 9.17) is 0 Å². The van der Waals surface area contributed by atoms with Gasteiger partial charge in [0, 0.05) is 50.9 Å². The first-order valence-corrected chi connectivity index (χ1v) is 9.51. The molecule has 0 atom stereocenters. The van der Waals surface area contributed by atoms with Crippen molar-refractivity contribution in [3.63, 3.8) is 0 Å². The fourth-order valence-electron chi connectivity index (χ4n) is 2.18. The number of alkyl halides is 3. The average molecular weight is 393 g/mol. The Hall–Kier alpha value is -1.84. The number of guanidine groups is 1. The third-order valence-corrected chi connectivity index (χ3v) is 4.44. The number of hydrogen-bond acceptors (Lipinski definition) is 4. The van der Waals surface area contributed by atoms with Gasteiger partial charge in [-0.2, -0.15) is 13.2 Å². The normalized spacial score (nSPS) is 12.2. The Kier molecular flexibility index (Phi) is 9.39. The summed E-state index contributed by atoms with van der Waals surface area (Å²) in [6, 6.07) is 0. The van der Waals surface area contributed by atoms with Gasteiger partial charge < -0.3 is 15.5 Å². The third kappa shape index (κ3) is 7.59. The van der Waals surface area contributed by atoms with Crippen LogP contribution in [0.15, 0.2) is 10.4 Å². The lowest BCUT2D eigenvalue weighted by atomic mass is 10.3. The quantitative estimate of drug-likeness (QED) is 0.500. The molecule has 6 nitrogen and oxygen atoms in total. The number of rotatable bonds is 9. The Morgan fingerprint density at radius 2 is 1.96 bits per heavy atom. The number of carbonyl (C=O) groups is 1. The topological polar surface area (TPSA) is 69.6 Å². The van der Waals surface area contributed by atoms with Crippen molar-refractivity contribution in [1.29, 1.82) is 0 Å². The standard InChI is InChI=1S/C16H26F3N5OS/c1-4-20-15(22-10-8-14(25)24(5-2)6-3)21-9-7-13-23-12(11-26-13)16(17,18)19/h11H,4-10H2,1-3H3,(H2,20,21,22). The second kappa shape index (κ2) is 11.0. The highest BCUT2D eigenvalue weighted by Crippen LogP contribution is 2.30. The zero-order chi connectivity index (χ0) is 19.6. The Bertz CT molecular complexity index is 585. The Labute approximate surface area is 155 Å². The van der Waals surface area contributed by atoms with Crippen LogP contribution in [0.2, 0.25) is 0 Å². The summed E-state index contributed by atoms with van der Waals surface area (Å²) >= 11 is 0.980. The molecule has 1 aromatic heterocycles. The van der Waals surface area contributed by atoms with E-state index in [2.05, 4.69) is 20.6 Å². The molecule has 26 heavy (non-hydrogen) atoms. The average Bonchev–Trinajstić information content (AvgIpc) is 3.05. The largest absolute Gasteiger partial charge is 0.434 e. The molecule has 0 aromatic carbocycles. The molecule has 2 N–H and O–H groups in total. The van der Waals surface area contributed by atoms with Crippen LogP contribution in [-0.2, 0) is 17.4 Å². The van der Waals surface area contributed by atoms with Crippen LogP contribution in [0.1, 0.15) is 37.9 Å². The van der Waals surface area contributed by atoms with Crippen LogP contribution in [0.4, 0.5) is 13.2 Å². The Balaban J connectivity index is 2.48. The van der Waals surface area contributed by atoms with Crippen molar-refractivity contribution in [2.75, 3.05) is 32.7 Å². The van der Waals surface area contributed by atoms with Crippen molar-refractivity contribution in [2.45, 2.75) is 39.8 Å². The summed E-state index contributed by atoms with van der Waals surface area (Å²) < 4.78 is 37.6. The fraction of sp³-hybridized carbons (Fsp3) is 0.688. The zero-order valence-electron chi connectivity index (χ0n) is 15.3. The van der Waals surface area contributed by atoms with Crippen LogP contribution >= 0.6 is 11.3 Å². The molecule has 1 heterocycles. The molecule has 1 rings (SSSR count). The number of nitrogens with zero attached hydrogens (tertiary/aromatic N) is 3. The summed E-state index contributed by atoms with van der Waals surface area (Å²) in [5, 5.41) is 7.52. The van der Waals surface area contributed by atoms with Gasteiger partial charge in [-0.1, -0.05) is 0 Å². The first-order valence-electron chi connectivity index (χ1n) is 8.63. The molecule has 0 aliphatic heterocycles. The van der Waals surface area contributed by atoms with Gasteiger partial charge in [0.05, 0.1) is 5.01 Å². The number of carbonyl (C=O) groups excluding carboxylic acids is 1. The fourth-order valence-corrected chi connectivity index (χ4v) is 2.98. The molecule has 0 bridgehead atoms. The second-order valence-corrected chi connectivity index (χ2v) is 6.32. The highest BCUT2D eigenvalue weighted by molar-refractivity contribution is 7.09. The molecule has 0 unspecified atom stereocenters. The first kappa shape index (κ1) is 22.2. The van der Waals surface area contributed by atoms with Gasteiger partial charge in [-0.25, -0.2) is 4.98 Å². The van der Waals surface area contributed by atoms with Gasteiger partial charge >= 0.3 is 6.18 Å². The predicted molar refractivity (Wildman–Crippen MR) is 97.3 cm³/mol. The van der Waals surface area contributed by atoms with Crippen LogP contribution in [0.5, 0.6) is 0 Å². The Morgan fingerprint density at radius 1 is 1.27 bits per heavy atom. The number of nitrogens with one attached hydrogen (secondary N) is 2. The molecular weight excluding hydrogens is 367 g/mol. The summed E-state index contributed by atoms with van der Waals surface area (Å²) in [5.41, 5.74) is -0.860. The van der Waals surface area contributed by atoms with Crippen molar-refractivity contribution < 1.29 is 18.0 Å². The van der Waals surface area contributed by atoms with Crippen molar-refractivity contribution in [3.8, 4) is 0 Å². The van der Waals surface area contributed by atoms with Crippen LogP contribution in [-0.4, -0.2) is 54.5 Å². The van der Waals surface area contributed by atoms with Crippen LogP contribution in [0, 0.1) is 0 Å². The maximum absolute atomic E-state index is 12.5. The van der Waals surface area contributed by atoms with Crippen molar-refractivity contribution >= 4 is 23.2 Å². The van der Waals surface area contributed by atoms with Gasteiger partial charge in [-0.15, -0.1) is 11.3 Å². The van der Waals surface area contributed by atoms with E-state index in [0.29, 0.717) is 56.5 Å². The zero-order valence-corrected chi connectivity index (χ0v) is 16.1. The van der Waals surface area contributed by atoms with E-state index >= 15 is 0 Å². The molecule has 10 heteroatoms. The minimum absolute atomic E-state index is 0.0702. The van der Waals surface area contributed by atoms with E-state index in [0.717, 1.165) is 16.7 Å². The summed E-state index contributed by atoms with van der Waals surface area (Å²) in [4.78, 5) is 21.6. The SMILES string of the molecule is CCNC(=NCCc1nc(C(F)(F)F)cs1)NCCC(=O)N(CC)CC. The first-order chi connectivity index (χ1) is 12.3. The molecule has 1 aromatic rings. The molecule has 0 fully saturated rings. The number of aromatic nitrogens is 1. The molecule has 148 valence electrons. The van der Waals surface area contributed by atoms with Crippen molar-refractivity contribution in [3.05, 3.63) is 16.1 Å². The summed E-state index contributed by atoms with van der Waals surface area (Å²) in [6.07, 6.45) is -3.73. The number of thiazole rings is 1. The highest BCUT2D eigenvalue weighted by Gasteiger charge is 2.33. The van der Waals surface area contributed by atoms with E-state index in [1.54, 1.807) is 4.90 Å². The summed E-state index contributed by atoms with van der Waals surface area (Å²) in [5.74, 6) is 0.605. The minimum atomic E-state index is -4.41. The number of halogens is 3. The van der Waals surface area contributed by atoms with Gasteiger partial charge in [-0.05, 0) is 20.8 Å². The van der Waals surface area contributed by atoms with E-state index < -0.39 is 11.9 Å². The van der Waals surface area contributed by atoms with Crippen LogP contribution < -0.4 is 10.6 Å². The van der Waals surface area contributed by atoms with Gasteiger partial charge in [-0.3, -0.25) is 9.79 Å². The van der Waals surface area contributed by atoms with E-state index in [1.165, 1.54) is 0 Å². The monoisotopic (exact) mass is 393 g/mol. The molecular formula is C16H26F3N5OS. The molecule has 0 aliphatic carbocycles. The number of amides is 1. The molecule has 0 saturated heterocycles. The number of aliphatic imine (C=N–C) groups is 1. The lowest BCUT2D eigenvalue weighted by Gasteiger charge is -2.19. The third-order valence-electron chi connectivity index (χ3n) is 3.53. The lowest BCUT2D eigenvalue weighted by molar-refractivity contribution is -0.140. The van der Waals surface area contributed by atoms with Gasteiger partial charge in [0.1, 0.15) is 0 Å². The van der Waals surface area contributed by atoms with Gasteiger partial charge in [0.15, 0.2) is 11.7 Å². The maximum atomic E-state index is 12.5. The van der Waals surface area contributed by atoms with E-state index in [1.807, 2.05) is 20.8 Å².